The zero-order valence-electron chi connectivity index (χ0n) is 10.1. The van der Waals surface area contributed by atoms with E-state index in [4.69, 9.17) is 5.73 Å². The molecule has 1 atom stereocenters. The van der Waals surface area contributed by atoms with Gasteiger partial charge < -0.3 is 8.97 Å². The molecule has 0 unspecified atom stereocenters. The maximum absolute atomic E-state index is 5.38. The number of nitrogens with two attached hydrogens (primary N) is 1. The van der Waals surface area contributed by atoms with E-state index in [0.29, 0.717) is 6.04 Å². The van der Waals surface area contributed by atoms with Gasteiger partial charge in [0.1, 0.15) is 51.9 Å². The third kappa shape index (κ3) is 1.88. The first-order valence-corrected chi connectivity index (χ1v) is 6.06. The molecular formula is C11H25N4+3. The van der Waals surface area contributed by atoms with Gasteiger partial charge in [-0.3, -0.25) is 10.7 Å². The van der Waals surface area contributed by atoms with Gasteiger partial charge in [0.05, 0.1) is 7.05 Å². The predicted molar refractivity (Wildman–Crippen MR) is 61.2 cm³/mol. The molecule has 3 saturated heterocycles. The molecule has 0 radical (unpaired) electrons. The van der Waals surface area contributed by atoms with Crippen molar-refractivity contribution in [3.05, 3.63) is 0 Å². The van der Waals surface area contributed by atoms with E-state index in [1.54, 1.807) is 6.34 Å². The van der Waals surface area contributed by atoms with Crippen LogP contribution < -0.4 is 10.7 Å². The SMILES string of the molecule is C[C@H](C[NH+]=CN)[N+]12CC[N+](C)(CC1)CC2. The summed E-state index contributed by atoms with van der Waals surface area (Å²) in [5.74, 6) is 0. The van der Waals surface area contributed by atoms with Gasteiger partial charge in [0.15, 0.2) is 0 Å². The van der Waals surface area contributed by atoms with E-state index in [1.165, 1.54) is 48.2 Å². The summed E-state index contributed by atoms with van der Waals surface area (Å²) in [7, 11) is 2.41. The van der Waals surface area contributed by atoms with Crippen LogP contribution in [0.2, 0.25) is 0 Å². The monoisotopic (exact) mass is 213 g/mol. The fourth-order valence-electron chi connectivity index (χ4n) is 3.09. The molecule has 3 aliphatic rings. The Bertz CT molecular complexity index is 237. The third-order valence-electron chi connectivity index (χ3n) is 4.72. The minimum absolute atomic E-state index is 0.693. The Kier molecular flexibility index (Phi) is 2.73. The Labute approximate surface area is 92.6 Å². The number of quaternary nitrogens is 2. The standard InChI is InChI=1S/C11H24N4/c1-11(9-13-10-12)15-6-3-14(2,4-7-15)5-8-15/h10-11H,3-9H2,1-2H3,(H2,12,13)/q+2/p+1/t11-,14?,15?/m1/s1. The van der Waals surface area contributed by atoms with Crippen molar-refractivity contribution in [2.75, 3.05) is 52.9 Å². The summed E-state index contributed by atoms with van der Waals surface area (Å²) in [6, 6.07) is 0.693. The molecule has 4 heteroatoms. The summed E-state index contributed by atoms with van der Waals surface area (Å²) in [5, 5.41) is 0. The lowest BCUT2D eigenvalue weighted by atomic mass is 10.0. The Hall–Kier alpha value is -0.610. The van der Waals surface area contributed by atoms with E-state index in [1.807, 2.05) is 0 Å². The second-order valence-corrected chi connectivity index (χ2v) is 5.60. The smallest absolute Gasteiger partial charge is 0.227 e. The van der Waals surface area contributed by atoms with Crippen LogP contribution in [0.15, 0.2) is 0 Å². The van der Waals surface area contributed by atoms with Crippen molar-refractivity contribution in [3.63, 3.8) is 0 Å². The second kappa shape index (κ2) is 3.76. The molecule has 3 fully saturated rings. The molecule has 2 bridgehead atoms. The van der Waals surface area contributed by atoms with Gasteiger partial charge >= 0.3 is 0 Å². The van der Waals surface area contributed by atoms with Gasteiger partial charge in [0.25, 0.3) is 0 Å². The minimum atomic E-state index is 0.693. The van der Waals surface area contributed by atoms with Gasteiger partial charge in [0, 0.05) is 0 Å². The van der Waals surface area contributed by atoms with E-state index in [2.05, 4.69) is 19.0 Å². The lowest BCUT2D eigenvalue weighted by Crippen LogP contribution is -2.82. The lowest BCUT2D eigenvalue weighted by molar-refractivity contribution is -1.08. The zero-order valence-corrected chi connectivity index (χ0v) is 10.1. The van der Waals surface area contributed by atoms with Crippen LogP contribution in [0, 0.1) is 0 Å². The quantitative estimate of drug-likeness (QED) is 0.310. The number of nitrogens with one attached hydrogen (secondary N) is 1. The average molecular weight is 213 g/mol. The molecule has 3 aliphatic heterocycles. The maximum Gasteiger partial charge on any atom is 0.227 e. The Morgan fingerprint density at radius 3 is 2.20 bits per heavy atom. The van der Waals surface area contributed by atoms with Gasteiger partial charge in [0.2, 0.25) is 6.34 Å². The third-order valence-corrected chi connectivity index (χ3v) is 4.72. The normalized spacial score (nSPS) is 42.3. The molecule has 4 nitrogen and oxygen atoms in total. The van der Waals surface area contributed by atoms with Crippen LogP contribution >= 0.6 is 0 Å². The van der Waals surface area contributed by atoms with Crippen molar-refractivity contribution in [2.24, 2.45) is 5.73 Å². The number of piperazine rings is 3. The number of likely N-dealkylation sites (N-methyl/N-ethyl adjacent to an activating group) is 1. The van der Waals surface area contributed by atoms with E-state index in [-0.39, 0.29) is 0 Å². The van der Waals surface area contributed by atoms with Crippen LogP contribution in [0.5, 0.6) is 0 Å². The molecule has 86 valence electrons. The molecule has 0 saturated carbocycles. The van der Waals surface area contributed by atoms with Crippen molar-refractivity contribution in [1.82, 2.24) is 0 Å². The van der Waals surface area contributed by atoms with Crippen LogP contribution in [0.1, 0.15) is 6.92 Å². The molecule has 3 N–H and O–H groups in total. The predicted octanol–water partition coefficient (Wildman–Crippen LogP) is -2.27. The first-order valence-electron chi connectivity index (χ1n) is 6.06. The first kappa shape index (κ1) is 10.9. The molecule has 0 aliphatic carbocycles. The molecule has 0 aromatic carbocycles. The molecule has 0 amide bonds. The van der Waals surface area contributed by atoms with Crippen LogP contribution in [0.25, 0.3) is 0 Å². The Morgan fingerprint density at radius 2 is 1.73 bits per heavy atom. The molecule has 3 rings (SSSR count). The number of nitrogens with zero attached hydrogens (tertiary/aromatic N) is 2. The highest BCUT2D eigenvalue weighted by molar-refractivity contribution is 5.42. The summed E-state index contributed by atoms with van der Waals surface area (Å²) >= 11 is 0. The van der Waals surface area contributed by atoms with Crippen LogP contribution in [0.3, 0.4) is 0 Å². The summed E-state index contributed by atoms with van der Waals surface area (Å²) in [4.78, 5) is 3.16. The van der Waals surface area contributed by atoms with E-state index in [0.717, 1.165) is 6.54 Å². The van der Waals surface area contributed by atoms with E-state index >= 15 is 0 Å². The topological polar surface area (TPSA) is 40.0 Å². The van der Waals surface area contributed by atoms with Gasteiger partial charge in [-0.15, -0.1) is 0 Å². The second-order valence-electron chi connectivity index (χ2n) is 5.60. The highest BCUT2D eigenvalue weighted by Crippen LogP contribution is 2.26. The van der Waals surface area contributed by atoms with Gasteiger partial charge in [-0.25, -0.2) is 0 Å². The van der Waals surface area contributed by atoms with Crippen LogP contribution in [0.4, 0.5) is 0 Å². The average Bonchev–Trinajstić information content (AvgIpc) is 2.27. The molecule has 15 heavy (non-hydrogen) atoms. The van der Waals surface area contributed by atoms with Crippen molar-refractivity contribution < 1.29 is 14.0 Å². The first-order chi connectivity index (χ1) is 7.10. The Morgan fingerprint density at radius 1 is 1.20 bits per heavy atom. The minimum Gasteiger partial charge on any atom is -0.312 e. The van der Waals surface area contributed by atoms with Crippen molar-refractivity contribution >= 4 is 6.34 Å². The van der Waals surface area contributed by atoms with Crippen LogP contribution in [-0.4, -0.2) is 74.2 Å². The largest absolute Gasteiger partial charge is 0.312 e. The number of hydrogen-bond donors (Lipinski definition) is 2. The number of rotatable bonds is 3. The van der Waals surface area contributed by atoms with Crippen molar-refractivity contribution in [1.29, 1.82) is 0 Å². The number of fused-ring (bicyclic) bond motifs is 3. The van der Waals surface area contributed by atoms with Crippen LogP contribution in [-0.2, 0) is 0 Å². The van der Waals surface area contributed by atoms with E-state index < -0.39 is 0 Å². The molecule has 0 aromatic heterocycles. The Balaban J connectivity index is 2.02. The van der Waals surface area contributed by atoms with E-state index in [9.17, 15) is 0 Å². The lowest BCUT2D eigenvalue weighted by Gasteiger charge is -2.56. The van der Waals surface area contributed by atoms with Gasteiger partial charge in [-0.1, -0.05) is 0 Å². The molecule has 3 heterocycles. The highest BCUT2D eigenvalue weighted by Gasteiger charge is 2.49. The fraction of sp³-hybridized carbons (Fsp3) is 0.909. The summed E-state index contributed by atoms with van der Waals surface area (Å²) < 4.78 is 2.62. The molecular weight excluding hydrogens is 188 g/mol. The maximum atomic E-state index is 5.38. The van der Waals surface area contributed by atoms with Crippen molar-refractivity contribution in [3.8, 4) is 0 Å². The summed E-state index contributed by atoms with van der Waals surface area (Å²) in [5.41, 5.74) is 5.38. The molecule has 0 spiro atoms. The van der Waals surface area contributed by atoms with Gasteiger partial charge in [-0.05, 0) is 6.92 Å². The summed E-state index contributed by atoms with van der Waals surface area (Å²) in [6.45, 7) is 11.5. The summed E-state index contributed by atoms with van der Waals surface area (Å²) in [6.07, 6.45) is 1.57. The van der Waals surface area contributed by atoms with Crippen molar-refractivity contribution in [2.45, 2.75) is 13.0 Å². The fourth-order valence-corrected chi connectivity index (χ4v) is 3.09. The number of hydrogen-bond acceptors (Lipinski definition) is 0. The highest BCUT2D eigenvalue weighted by atomic mass is 15.5. The van der Waals surface area contributed by atoms with Gasteiger partial charge in [-0.2, -0.15) is 0 Å². The zero-order chi connectivity index (χ0) is 10.9. The molecule has 0 aromatic rings.